The van der Waals surface area contributed by atoms with Gasteiger partial charge in [-0.25, -0.2) is 0 Å². The summed E-state index contributed by atoms with van der Waals surface area (Å²) in [7, 11) is 1.75. The number of hydrogen-bond acceptors (Lipinski definition) is 3. The molecule has 1 aliphatic heterocycles. The molecule has 0 spiro atoms. The SMILES string of the molecule is COc1ccccc1CCN1CCCNC(C(C)(C)C)C1. The summed E-state index contributed by atoms with van der Waals surface area (Å²) < 4.78 is 5.45. The second kappa shape index (κ2) is 7.28. The van der Waals surface area contributed by atoms with E-state index in [1.807, 2.05) is 6.07 Å². The largest absolute Gasteiger partial charge is 0.496 e. The zero-order valence-corrected chi connectivity index (χ0v) is 14.0. The van der Waals surface area contributed by atoms with E-state index in [9.17, 15) is 0 Å². The van der Waals surface area contributed by atoms with Crippen LogP contribution in [0.15, 0.2) is 24.3 Å². The number of rotatable bonds is 4. The Kier molecular flexibility index (Phi) is 5.65. The van der Waals surface area contributed by atoms with Crippen molar-refractivity contribution >= 4 is 0 Å². The maximum atomic E-state index is 5.45. The van der Waals surface area contributed by atoms with Gasteiger partial charge in [0.1, 0.15) is 5.75 Å². The Labute approximate surface area is 129 Å². The van der Waals surface area contributed by atoms with Gasteiger partial charge in [-0.05, 0) is 43.0 Å². The highest BCUT2D eigenvalue weighted by molar-refractivity contribution is 5.33. The van der Waals surface area contributed by atoms with E-state index >= 15 is 0 Å². The number of benzene rings is 1. The van der Waals surface area contributed by atoms with Crippen LogP contribution in [0.2, 0.25) is 0 Å². The monoisotopic (exact) mass is 290 g/mol. The third kappa shape index (κ3) is 4.72. The first kappa shape index (κ1) is 16.3. The Morgan fingerprint density at radius 3 is 2.76 bits per heavy atom. The van der Waals surface area contributed by atoms with Gasteiger partial charge < -0.3 is 15.0 Å². The molecule has 0 aliphatic carbocycles. The first-order chi connectivity index (χ1) is 10.0. The molecule has 118 valence electrons. The summed E-state index contributed by atoms with van der Waals surface area (Å²) in [6, 6.07) is 8.93. The average molecular weight is 290 g/mol. The molecule has 1 aromatic carbocycles. The minimum Gasteiger partial charge on any atom is -0.496 e. The molecule has 1 aromatic rings. The van der Waals surface area contributed by atoms with Gasteiger partial charge in [0.05, 0.1) is 7.11 Å². The normalized spacial score (nSPS) is 21.0. The number of methoxy groups -OCH3 is 1. The Morgan fingerprint density at radius 2 is 2.05 bits per heavy atom. The van der Waals surface area contributed by atoms with Crippen LogP contribution >= 0.6 is 0 Å². The van der Waals surface area contributed by atoms with Crippen molar-refractivity contribution in [2.45, 2.75) is 39.7 Å². The van der Waals surface area contributed by atoms with E-state index < -0.39 is 0 Å². The lowest BCUT2D eigenvalue weighted by Crippen LogP contribution is -2.46. The van der Waals surface area contributed by atoms with Crippen LogP contribution in [0.4, 0.5) is 0 Å². The van der Waals surface area contributed by atoms with Crippen molar-refractivity contribution in [1.29, 1.82) is 0 Å². The molecule has 1 unspecified atom stereocenters. The maximum Gasteiger partial charge on any atom is 0.122 e. The van der Waals surface area contributed by atoms with E-state index in [0.29, 0.717) is 11.5 Å². The molecular weight excluding hydrogens is 260 g/mol. The standard InChI is InChI=1S/C18H30N2O/c1-18(2,3)17-14-20(12-7-11-19-17)13-10-15-8-5-6-9-16(15)21-4/h5-6,8-9,17,19H,7,10-14H2,1-4H3. The lowest BCUT2D eigenvalue weighted by molar-refractivity contribution is 0.198. The van der Waals surface area contributed by atoms with E-state index in [2.05, 4.69) is 49.2 Å². The molecule has 2 rings (SSSR count). The third-order valence-corrected chi connectivity index (χ3v) is 4.42. The molecule has 3 heteroatoms. The van der Waals surface area contributed by atoms with Crippen LogP contribution in [-0.2, 0) is 6.42 Å². The van der Waals surface area contributed by atoms with Crippen molar-refractivity contribution in [3.63, 3.8) is 0 Å². The number of para-hydroxylation sites is 1. The van der Waals surface area contributed by atoms with Gasteiger partial charge in [-0.15, -0.1) is 0 Å². The highest BCUT2D eigenvalue weighted by atomic mass is 16.5. The Hall–Kier alpha value is -1.06. The van der Waals surface area contributed by atoms with Crippen molar-refractivity contribution in [3.05, 3.63) is 29.8 Å². The van der Waals surface area contributed by atoms with Gasteiger partial charge in [-0.3, -0.25) is 0 Å². The predicted octanol–water partition coefficient (Wildman–Crippen LogP) is 2.95. The number of nitrogens with zero attached hydrogens (tertiary/aromatic N) is 1. The average Bonchev–Trinajstić information content (AvgIpc) is 2.70. The van der Waals surface area contributed by atoms with E-state index in [4.69, 9.17) is 4.74 Å². The first-order valence-electron chi connectivity index (χ1n) is 8.08. The third-order valence-electron chi connectivity index (χ3n) is 4.42. The minimum absolute atomic E-state index is 0.313. The number of ether oxygens (including phenoxy) is 1. The molecule has 1 atom stereocenters. The molecule has 1 fully saturated rings. The molecular formula is C18H30N2O. The number of hydrogen-bond donors (Lipinski definition) is 1. The van der Waals surface area contributed by atoms with Crippen molar-refractivity contribution in [2.24, 2.45) is 5.41 Å². The molecule has 21 heavy (non-hydrogen) atoms. The van der Waals surface area contributed by atoms with Gasteiger partial charge in [-0.1, -0.05) is 39.0 Å². The highest BCUT2D eigenvalue weighted by Crippen LogP contribution is 2.22. The van der Waals surface area contributed by atoms with Gasteiger partial charge in [0.2, 0.25) is 0 Å². The minimum atomic E-state index is 0.313. The molecule has 1 N–H and O–H groups in total. The maximum absolute atomic E-state index is 5.45. The molecule has 1 heterocycles. The first-order valence-corrected chi connectivity index (χ1v) is 8.08. The van der Waals surface area contributed by atoms with E-state index in [1.165, 1.54) is 18.5 Å². The van der Waals surface area contributed by atoms with E-state index in [1.54, 1.807) is 7.11 Å². The zero-order chi connectivity index (χ0) is 15.3. The smallest absolute Gasteiger partial charge is 0.122 e. The Bertz CT molecular complexity index is 439. The van der Waals surface area contributed by atoms with Gasteiger partial charge in [0.25, 0.3) is 0 Å². The molecule has 1 saturated heterocycles. The summed E-state index contributed by atoms with van der Waals surface area (Å²) in [6.45, 7) is 11.5. The van der Waals surface area contributed by atoms with Crippen LogP contribution in [0.25, 0.3) is 0 Å². The Morgan fingerprint density at radius 1 is 1.29 bits per heavy atom. The highest BCUT2D eigenvalue weighted by Gasteiger charge is 2.27. The molecule has 0 amide bonds. The summed E-state index contributed by atoms with van der Waals surface area (Å²) in [5, 5.41) is 3.71. The lowest BCUT2D eigenvalue weighted by Gasteiger charge is -2.33. The summed E-state index contributed by atoms with van der Waals surface area (Å²) in [4.78, 5) is 2.60. The lowest BCUT2D eigenvalue weighted by atomic mass is 9.86. The second-order valence-corrected chi connectivity index (χ2v) is 7.09. The molecule has 0 aromatic heterocycles. The molecule has 0 bridgehead atoms. The van der Waals surface area contributed by atoms with Crippen molar-refractivity contribution < 1.29 is 4.74 Å². The van der Waals surface area contributed by atoms with Gasteiger partial charge in [0.15, 0.2) is 0 Å². The summed E-state index contributed by atoms with van der Waals surface area (Å²) in [5.74, 6) is 1.01. The molecule has 0 radical (unpaired) electrons. The van der Waals surface area contributed by atoms with Crippen LogP contribution in [0.5, 0.6) is 5.75 Å². The van der Waals surface area contributed by atoms with Crippen LogP contribution < -0.4 is 10.1 Å². The van der Waals surface area contributed by atoms with Crippen molar-refractivity contribution in [3.8, 4) is 5.75 Å². The van der Waals surface area contributed by atoms with Crippen LogP contribution in [-0.4, -0.2) is 44.2 Å². The van der Waals surface area contributed by atoms with Gasteiger partial charge in [0, 0.05) is 19.1 Å². The Balaban J connectivity index is 1.95. The predicted molar refractivity (Wildman–Crippen MR) is 89.0 cm³/mol. The topological polar surface area (TPSA) is 24.5 Å². The fraction of sp³-hybridized carbons (Fsp3) is 0.667. The van der Waals surface area contributed by atoms with E-state index in [0.717, 1.165) is 31.8 Å². The fourth-order valence-electron chi connectivity index (χ4n) is 2.96. The molecule has 0 saturated carbocycles. The van der Waals surface area contributed by atoms with Crippen LogP contribution in [0.1, 0.15) is 32.8 Å². The van der Waals surface area contributed by atoms with Crippen LogP contribution in [0.3, 0.4) is 0 Å². The second-order valence-electron chi connectivity index (χ2n) is 7.09. The van der Waals surface area contributed by atoms with Crippen LogP contribution in [0, 0.1) is 5.41 Å². The van der Waals surface area contributed by atoms with Gasteiger partial charge >= 0.3 is 0 Å². The zero-order valence-electron chi connectivity index (χ0n) is 14.0. The fourth-order valence-corrected chi connectivity index (χ4v) is 2.96. The van der Waals surface area contributed by atoms with Crippen molar-refractivity contribution in [2.75, 3.05) is 33.3 Å². The van der Waals surface area contributed by atoms with Gasteiger partial charge in [-0.2, -0.15) is 0 Å². The van der Waals surface area contributed by atoms with Crippen molar-refractivity contribution in [1.82, 2.24) is 10.2 Å². The summed E-state index contributed by atoms with van der Waals surface area (Å²) >= 11 is 0. The summed E-state index contributed by atoms with van der Waals surface area (Å²) in [6.07, 6.45) is 2.29. The molecule has 1 aliphatic rings. The molecule has 3 nitrogen and oxygen atoms in total. The quantitative estimate of drug-likeness (QED) is 0.922. The summed E-state index contributed by atoms with van der Waals surface area (Å²) in [5.41, 5.74) is 1.62. The number of nitrogens with one attached hydrogen (secondary N) is 1. The van der Waals surface area contributed by atoms with E-state index in [-0.39, 0.29) is 0 Å².